The van der Waals surface area contributed by atoms with Gasteiger partial charge >= 0.3 is 12.0 Å². The van der Waals surface area contributed by atoms with Crippen LogP contribution in [0.25, 0.3) is 0 Å². The highest BCUT2D eigenvalue weighted by Gasteiger charge is 2.52. The van der Waals surface area contributed by atoms with Gasteiger partial charge in [0.1, 0.15) is 28.7 Å². The highest BCUT2D eigenvalue weighted by Crippen LogP contribution is 2.40. The highest BCUT2D eigenvalue weighted by atomic mass is 35.5. The average molecular weight is 577 g/mol. The number of fused-ring (bicyclic) bond motifs is 1. The maximum atomic E-state index is 14.5. The van der Waals surface area contributed by atoms with E-state index in [0.29, 0.717) is 35.2 Å². The third kappa shape index (κ3) is 4.76. The van der Waals surface area contributed by atoms with Crippen LogP contribution in [-0.2, 0) is 14.3 Å². The molecule has 1 aromatic carbocycles. The molecule has 0 spiro atoms. The number of carbonyl (C=O) groups excluding carboxylic acids is 2. The number of amidine groups is 1. The van der Waals surface area contributed by atoms with E-state index in [0.717, 1.165) is 0 Å². The first-order valence-corrected chi connectivity index (χ1v) is 13.9. The zero-order valence-electron chi connectivity index (χ0n) is 21.1. The van der Waals surface area contributed by atoms with Crippen LogP contribution in [0.2, 0.25) is 5.02 Å². The van der Waals surface area contributed by atoms with E-state index < -0.39 is 46.4 Å². The third-order valence-electron chi connectivity index (χ3n) is 7.08. The molecule has 0 radical (unpaired) electrons. The van der Waals surface area contributed by atoms with Crippen LogP contribution < -0.4 is 10.6 Å². The quantitative estimate of drug-likeness (QED) is 0.424. The lowest BCUT2D eigenvalue weighted by Gasteiger charge is -2.37. The van der Waals surface area contributed by atoms with Crippen molar-refractivity contribution in [1.29, 1.82) is 0 Å². The van der Waals surface area contributed by atoms with Gasteiger partial charge in [0, 0.05) is 43.7 Å². The van der Waals surface area contributed by atoms with Gasteiger partial charge in [-0.25, -0.2) is 24.0 Å². The van der Waals surface area contributed by atoms with Crippen LogP contribution in [0.4, 0.5) is 9.18 Å². The Balaban J connectivity index is 1.62. The second kappa shape index (κ2) is 10.9. The van der Waals surface area contributed by atoms with E-state index in [9.17, 15) is 23.9 Å². The molecule has 0 aromatic heterocycles. The van der Waals surface area contributed by atoms with Crippen molar-refractivity contribution in [3.05, 3.63) is 57.7 Å². The number of rotatable bonds is 7. The number of halogens is 2. The lowest BCUT2D eigenvalue weighted by Crippen LogP contribution is -2.62. The van der Waals surface area contributed by atoms with Gasteiger partial charge in [-0.05, 0) is 23.5 Å². The zero-order chi connectivity index (χ0) is 27.8. The summed E-state index contributed by atoms with van der Waals surface area (Å²) in [5, 5.41) is 19.9. The molecule has 4 heterocycles. The molecule has 0 saturated carbocycles. The Kier molecular flexibility index (Phi) is 7.59. The molecular weight excluding hydrogens is 551 g/mol. The van der Waals surface area contributed by atoms with Gasteiger partial charge < -0.3 is 30.3 Å². The summed E-state index contributed by atoms with van der Waals surface area (Å²) in [7, 11) is 0.556. The van der Waals surface area contributed by atoms with E-state index in [1.54, 1.807) is 30.3 Å². The van der Waals surface area contributed by atoms with Crippen LogP contribution in [0.5, 0.6) is 0 Å². The number of nitrogens with zero attached hydrogens (tertiary/aromatic N) is 4. The Morgan fingerprint density at radius 3 is 2.92 bits per heavy atom. The molecule has 4 aliphatic heterocycles. The summed E-state index contributed by atoms with van der Waals surface area (Å²) in [5.41, 5.74) is 0.843. The number of amides is 2. The summed E-state index contributed by atoms with van der Waals surface area (Å²) >= 11 is 6.38. The molecule has 206 valence electrons. The smallest absolute Gasteiger partial charge is 0.322 e. The first-order chi connectivity index (χ1) is 18.8. The normalized spacial score (nSPS) is 28.1. The Bertz CT molecular complexity index is 1400. The second-order valence-corrected chi connectivity index (χ2v) is 11.1. The van der Waals surface area contributed by atoms with Crippen LogP contribution in [0.3, 0.4) is 0 Å². The summed E-state index contributed by atoms with van der Waals surface area (Å²) < 4.78 is 20.6. The number of urea groups is 1. The van der Waals surface area contributed by atoms with Crippen LogP contribution >= 0.6 is 22.1 Å². The van der Waals surface area contributed by atoms with Crippen molar-refractivity contribution in [2.45, 2.75) is 37.5 Å². The van der Waals surface area contributed by atoms with Crippen molar-refractivity contribution in [1.82, 2.24) is 20.4 Å². The molecule has 3 N–H and O–H groups in total. The second-order valence-electron chi connectivity index (χ2n) is 9.18. The average Bonchev–Trinajstić information content (AvgIpc) is 3.50. The lowest BCUT2D eigenvalue weighted by molar-refractivity contribution is -0.141. The van der Waals surface area contributed by atoms with Gasteiger partial charge in [-0.15, -0.1) is 0 Å². The SMILES string of the molecule is CCOC1=C(CC2C3C(C(=O)O)NCCN3C(=O)N2C)NC(C2=NC=CS2=C=O)=N[C@@H]1c1cccc(F)c1Cl. The van der Waals surface area contributed by atoms with Crippen LogP contribution in [-0.4, -0.2) is 87.9 Å². The number of ether oxygens (including phenoxy) is 1. The van der Waals surface area contributed by atoms with E-state index in [4.69, 9.17) is 21.3 Å². The van der Waals surface area contributed by atoms with E-state index in [1.165, 1.54) is 23.2 Å². The predicted octanol–water partition coefficient (Wildman–Crippen LogP) is 2.54. The first-order valence-electron chi connectivity index (χ1n) is 12.3. The van der Waals surface area contributed by atoms with E-state index >= 15 is 0 Å². The first kappa shape index (κ1) is 27.1. The van der Waals surface area contributed by atoms with Crippen molar-refractivity contribution in [2.75, 3.05) is 26.7 Å². The van der Waals surface area contributed by atoms with E-state index in [2.05, 4.69) is 15.6 Å². The lowest BCUT2D eigenvalue weighted by atomic mass is 9.92. The standard InChI is InChI=1S/C25H26ClFN6O5S/c1-3-38-21-15(11-16-20-19(24(35)36)28-7-9-33(20)25(37)32(16)2)30-22(23-29-8-10-39(23)12-34)31-18(21)13-5-4-6-14(27)17(13)26/h4-6,8,10,16,18-20,28H,3,7,9,11H2,1-2H3,(H,30,31)(H,35,36)/t16?,18-,19?,20?,39?/m1/s1. The van der Waals surface area contributed by atoms with Crippen molar-refractivity contribution < 1.29 is 28.6 Å². The minimum atomic E-state index is -1.08. The Morgan fingerprint density at radius 1 is 1.41 bits per heavy atom. The van der Waals surface area contributed by atoms with Crippen molar-refractivity contribution in [2.24, 2.45) is 9.98 Å². The molecule has 4 aliphatic rings. The Labute approximate surface area is 231 Å². The number of carboxylic acid groups (broad SMARTS) is 1. The van der Waals surface area contributed by atoms with Gasteiger partial charge in [0.25, 0.3) is 0 Å². The monoisotopic (exact) mass is 576 g/mol. The molecule has 2 amide bonds. The number of hydrogen-bond acceptors (Lipinski definition) is 8. The molecule has 14 heteroatoms. The maximum Gasteiger partial charge on any atom is 0.322 e. The number of aliphatic imine (C=N–C) groups is 2. The largest absolute Gasteiger partial charge is 0.494 e. The fraction of sp³-hybridized carbons (Fsp3) is 0.400. The Hall–Kier alpha value is -3.51. The van der Waals surface area contributed by atoms with Gasteiger partial charge in [0.15, 0.2) is 11.1 Å². The minimum absolute atomic E-state index is 0.127. The molecule has 2 saturated heterocycles. The third-order valence-corrected chi connectivity index (χ3v) is 8.76. The number of piperazine rings is 1. The molecule has 11 nitrogen and oxygen atoms in total. The highest BCUT2D eigenvalue weighted by molar-refractivity contribution is 8.31. The summed E-state index contributed by atoms with van der Waals surface area (Å²) in [6.45, 7) is 2.77. The molecule has 0 bridgehead atoms. The number of nitrogens with one attached hydrogen (secondary N) is 2. The van der Waals surface area contributed by atoms with Crippen LogP contribution in [0.15, 0.2) is 51.2 Å². The number of hydrogen-bond donors (Lipinski definition) is 3. The summed E-state index contributed by atoms with van der Waals surface area (Å²) in [6, 6.07) is 1.03. The van der Waals surface area contributed by atoms with Gasteiger partial charge in [-0.3, -0.25) is 4.79 Å². The van der Waals surface area contributed by atoms with Crippen molar-refractivity contribution in [3.8, 4) is 0 Å². The number of likely N-dealkylation sites (N-methyl/N-ethyl adjacent to an activating group) is 1. The van der Waals surface area contributed by atoms with E-state index in [1.807, 2.05) is 5.23 Å². The number of carbonyl (C=O) groups is 2. The van der Waals surface area contributed by atoms with Crippen molar-refractivity contribution >= 4 is 50.2 Å². The predicted molar refractivity (Wildman–Crippen MR) is 145 cm³/mol. The molecule has 5 rings (SSSR count). The fourth-order valence-electron chi connectivity index (χ4n) is 5.34. The molecule has 4 unspecified atom stereocenters. The van der Waals surface area contributed by atoms with Gasteiger partial charge in [0.2, 0.25) is 0 Å². The topological polar surface area (TPSA) is 136 Å². The number of benzene rings is 1. The molecule has 39 heavy (non-hydrogen) atoms. The fourth-order valence-corrected chi connectivity index (χ4v) is 6.51. The minimum Gasteiger partial charge on any atom is -0.494 e. The number of aliphatic carboxylic acids is 1. The van der Waals surface area contributed by atoms with Gasteiger partial charge in [-0.1, -0.05) is 23.7 Å². The number of carboxylic acids is 1. The van der Waals surface area contributed by atoms with Crippen molar-refractivity contribution in [3.63, 3.8) is 0 Å². The molecule has 0 aliphatic carbocycles. The molecule has 2 fully saturated rings. The summed E-state index contributed by atoms with van der Waals surface area (Å²) in [4.78, 5) is 49.0. The van der Waals surface area contributed by atoms with Crippen LogP contribution in [0.1, 0.15) is 24.9 Å². The van der Waals surface area contributed by atoms with Crippen LogP contribution in [0, 0.1) is 5.82 Å². The summed E-state index contributed by atoms with van der Waals surface area (Å²) in [6.07, 6.45) is 1.65. The Morgan fingerprint density at radius 2 is 2.21 bits per heavy atom. The van der Waals surface area contributed by atoms with E-state index in [-0.39, 0.29) is 29.9 Å². The van der Waals surface area contributed by atoms with Gasteiger partial charge in [-0.2, -0.15) is 0 Å². The van der Waals surface area contributed by atoms with Gasteiger partial charge in [0.05, 0.1) is 29.4 Å². The molecule has 1 aromatic rings. The maximum absolute atomic E-state index is 14.5. The zero-order valence-corrected chi connectivity index (χ0v) is 22.6. The molecular formula is C25H26ClFN6O5S. The summed E-state index contributed by atoms with van der Waals surface area (Å²) in [5.74, 6) is -1.07. The molecule has 5 atom stereocenters.